The monoisotopic (exact) mass is 334 g/mol. The Balaban J connectivity index is 1.52. The van der Waals surface area contributed by atoms with Crippen LogP contribution < -0.4 is 10.6 Å². The van der Waals surface area contributed by atoms with E-state index < -0.39 is 0 Å². The van der Waals surface area contributed by atoms with E-state index in [4.69, 9.17) is 9.47 Å². The molecule has 0 saturated carbocycles. The Morgan fingerprint density at radius 2 is 2.00 bits per heavy atom. The van der Waals surface area contributed by atoms with E-state index >= 15 is 0 Å². The maximum Gasteiger partial charge on any atom is 0.315 e. The maximum atomic E-state index is 11.9. The molecule has 134 valence electrons. The van der Waals surface area contributed by atoms with Gasteiger partial charge in [-0.25, -0.2) is 4.79 Å². The summed E-state index contributed by atoms with van der Waals surface area (Å²) in [7, 11) is 0. The quantitative estimate of drug-likeness (QED) is 0.718. The van der Waals surface area contributed by atoms with Crippen LogP contribution in [0.2, 0.25) is 0 Å². The highest BCUT2D eigenvalue weighted by Crippen LogP contribution is 2.14. The normalized spacial score (nSPS) is 16.6. The van der Waals surface area contributed by atoms with E-state index in [1.165, 1.54) is 5.56 Å². The molecule has 1 unspecified atom stereocenters. The Hall–Kier alpha value is -1.59. The number of ether oxygens (including phenoxy) is 2. The van der Waals surface area contributed by atoms with Gasteiger partial charge in [-0.2, -0.15) is 0 Å². The van der Waals surface area contributed by atoms with Crippen molar-refractivity contribution in [3.05, 3.63) is 35.4 Å². The molecule has 0 bridgehead atoms. The van der Waals surface area contributed by atoms with Crippen LogP contribution >= 0.6 is 0 Å². The molecule has 2 N–H and O–H groups in total. The molecular weight excluding hydrogens is 304 g/mol. The first-order chi connectivity index (χ1) is 11.6. The molecule has 1 saturated heterocycles. The second kappa shape index (κ2) is 10.3. The van der Waals surface area contributed by atoms with Gasteiger partial charge in [0, 0.05) is 33.0 Å². The van der Waals surface area contributed by atoms with Gasteiger partial charge in [-0.15, -0.1) is 0 Å². The Bertz CT molecular complexity index is 484. The van der Waals surface area contributed by atoms with Gasteiger partial charge in [0.2, 0.25) is 0 Å². The highest BCUT2D eigenvalue weighted by atomic mass is 16.5. The minimum Gasteiger partial charge on any atom is -0.381 e. The zero-order valence-electron chi connectivity index (χ0n) is 14.8. The molecule has 5 nitrogen and oxygen atoms in total. The predicted octanol–water partition coefficient (Wildman–Crippen LogP) is 3.19. The van der Waals surface area contributed by atoms with Crippen molar-refractivity contribution in [2.24, 2.45) is 5.92 Å². The highest BCUT2D eigenvalue weighted by Gasteiger charge is 2.13. The number of benzene rings is 1. The molecule has 1 fully saturated rings. The molecular formula is C19H30N2O3. The number of aryl methyl sites for hydroxylation is 1. The molecule has 5 heteroatoms. The minimum absolute atomic E-state index is 0.00429. The van der Waals surface area contributed by atoms with E-state index in [0.29, 0.717) is 19.1 Å². The molecule has 0 spiro atoms. The zero-order chi connectivity index (χ0) is 17.2. The topological polar surface area (TPSA) is 59.6 Å². The van der Waals surface area contributed by atoms with Gasteiger partial charge in [0.25, 0.3) is 0 Å². The Morgan fingerprint density at radius 1 is 1.29 bits per heavy atom. The van der Waals surface area contributed by atoms with E-state index in [-0.39, 0.29) is 12.1 Å². The van der Waals surface area contributed by atoms with Gasteiger partial charge in [-0.1, -0.05) is 29.8 Å². The van der Waals surface area contributed by atoms with Gasteiger partial charge in [-0.05, 0) is 44.6 Å². The molecule has 1 heterocycles. The lowest BCUT2D eigenvalue weighted by Gasteiger charge is -2.21. The Labute approximate surface area is 145 Å². The lowest BCUT2D eigenvalue weighted by atomic mass is 10.0. The number of hydrogen-bond acceptors (Lipinski definition) is 3. The first kappa shape index (κ1) is 18.7. The molecule has 1 aliphatic heterocycles. The van der Waals surface area contributed by atoms with Crippen molar-refractivity contribution < 1.29 is 14.3 Å². The van der Waals surface area contributed by atoms with E-state index in [9.17, 15) is 4.79 Å². The fraction of sp³-hybridized carbons (Fsp3) is 0.632. The second-order valence-electron chi connectivity index (χ2n) is 6.52. The molecule has 1 aliphatic rings. The van der Waals surface area contributed by atoms with Gasteiger partial charge in [0.1, 0.15) is 0 Å². The van der Waals surface area contributed by atoms with Crippen molar-refractivity contribution in [1.29, 1.82) is 0 Å². The summed E-state index contributed by atoms with van der Waals surface area (Å²) in [4.78, 5) is 11.9. The molecule has 1 aromatic rings. The SMILES string of the molecule is Cc1ccc(C(C)NC(=O)NCCCOCC2CCOCC2)cc1. The summed E-state index contributed by atoms with van der Waals surface area (Å²) in [5.74, 6) is 0.630. The average Bonchev–Trinajstić information content (AvgIpc) is 2.59. The van der Waals surface area contributed by atoms with Crippen molar-refractivity contribution in [3.63, 3.8) is 0 Å². The first-order valence-corrected chi connectivity index (χ1v) is 8.91. The van der Waals surface area contributed by atoms with Gasteiger partial charge in [0.15, 0.2) is 0 Å². The van der Waals surface area contributed by atoms with Crippen LogP contribution in [0, 0.1) is 12.8 Å². The summed E-state index contributed by atoms with van der Waals surface area (Å²) in [6.45, 7) is 7.87. The largest absolute Gasteiger partial charge is 0.381 e. The molecule has 0 radical (unpaired) electrons. The number of nitrogens with one attached hydrogen (secondary N) is 2. The van der Waals surface area contributed by atoms with Gasteiger partial charge in [0.05, 0.1) is 6.04 Å². The molecule has 2 rings (SSSR count). The third-order valence-corrected chi connectivity index (χ3v) is 4.37. The number of carbonyl (C=O) groups excluding carboxylic acids is 1. The van der Waals surface area contributed by atoms with Crippen LogP contribution in [-0.4, -0.2) is 39.0 Å². The van der Waals surface area contributed by atoms with E-state index in [0.717, 1.165) is 44.6 Å². The van der Waals surface area contributed by atoms with Crippen LogP contribution in [-0.2, 0) is 9.47 Å². The summed E-state index contributed by atoms with van der Waals surface area (Å²) < 4.78 is 11.0. The van der Waals surface area contributed by atoms with Crippen molar-refractivity contribution in [1.82, 2.24) is 10.6 Å². The number of rotatable bonds is 8. The lowest BCUT2D eigenvalue weighted by molar-refractivity contribution is 0.0203. The van der Waals surface area contributed by atoms with E-state index in [1.54, 1.807) is 0 Å². The summed E-state index contributed by atoms with van der Waals surface area (Å²) in [5.41, 5.74) is 2.33. The van der Waals surface area contributed by atoms with Crippen LogP contribution in [0.4, 0.5) is 4.79 Å². The number of urea groups is 1. The number of hydrogen-bond donors (Lipinski definition) is 2. The van der Waals surface area contributed by atoms with Crippen LogP contribution in [0.25, 0.3) is 0 Å². The summed E-state index contributed by atoms with van der Waals surface area (Å²) in [6, 6.07) is 8.07. The summed E-state index contributed by atoms with van der Waals surface area (Å²) in [6.07, 6.45) is 3.02. The van der Waals surface area contributed by atoms with Gasteiger partial charge >= 0.3 is 6.03 Å². The highest BCUT2D eigenvalue weighted by molar-refractivity contribution is 5.74. The fourth-order valence-corrected chi connectivity index (χ4v) is 2.73. The van der Waals surface area contributed by atoms with E-state index in [1.807, 2.05) is 19.1 Å². The number of amides is 2. The minimum atomic E-state index is -0.132. The van der Waals surface area contributed by atoms with Crippen LogP contribution in [0.15, 0.2) is 24.3 Å². The molecule has 1 atom stereocenters. The van der Waals surface area contributed by atoms with Crippen LogP contribution in [0.5, 0.6) is 0 Å². The van der Waals surface area contributed by atoms with Crippen molar-refractivity contribution >= 4 is 6.03 Å². The van der Waals surface area contributed by atoms with E-state index in [2.05, 4.69) is 29.7 Å². The van der Waals surface area contributed by atoms with Crippen molar-refractivity contribution in [2.45, 2.75) is 39.2 Å². The third kappa shape index (κ3) is 6.89. The summed E-state index contributed by atoms with van der Waals surface area (Å²) in [5, 5.41) is 5.84. The predicted molar refractivity (Wildman–Crippen MR) is 95.1 cm³/mol. The molecule has 0 aromatic heterocycles. The third-order valence-electron chi connectivity index (χ3n) is 4.37. The molecule has 24 heavy (non-hydrogen) atoms. The number of carbonyl (C=O) groups is 1. The van der Waals surface area contributed by atoms with Gasteiger partial charge in [-0.3, -0.25) is 0 Å². The van der Waals surface area contributed by atoms with Gasteiger partial charge < -0.3 is 20.1 Å². The lowest BCUT2D eigenvalue weighted by Crippen LogP contribution is -2.37. The first-order valence-electron chi connectivity index (χ1n) is 8.91. The van der Waals surface area contributed by atoms with Crippen LogP contribution in [0.3, 0.4) is 0 Å². The zero-order valence-corrected chi connectivity index (χ0v) is 14.8. The fourth-order valence-electron chi connectivity index (χ4n) is 2.73. The summed E-state index contributed by atoms with van der Waals surface area (Å²) >= 11 is 0. The Kier molecular flexibility index (Phi) is 8.05. The average molecular weight is 334 g/mol. The second-order valence-corrected chi connectivity index (χ2v) is 6.52. The van der Waals surface area contributed by atoms with Crippen molar-refractivity contribution in [2.75, 3.05) is 33.0 Å². The van der Waals surface area contributed by atoms with Crippen molar-refractivity contribution in [3.8, 4) is 0 Å². The maximum absolute atomic E-state index is 11.9. The van der Waals surface area contributed by atoms with Crippen LogP contribution in [0.1, 0.15) is 43.4 Å². The molecule has 0 aliphatic carbocycles. The Morgan fingerprint density at radius 3 is 2.71 bits per heavy atom. The molecule has 1 aromatic carbocycles. The standard InChI is InChI=1S/C19H30N2O3/c1-15-4-6-18(7-5-15)16(2)21-19(22)20-10-3-11-24-14-17-8-12-23-13-9-17/h4-7,16-17H,3,8-14H2,1-2H3,(H2,20,21,22). The molecule has 2 amide bonds. The smallest absolute Gasteiger partial charge is 0.315 e.